The van der Waals surface area contributed by atoms with Crippen LogP contribution in [0.4, 0.5) is 5.82 Å². The van der Waals surface area contributed by atoms with Crippen LogP contribution in [-0.2, 0) is 0 Å². The van der Waals surface area contributed by atoms with E-state index in [1.54, 1.807) is 0 Å². The topological polar surface area (TPSA) is 86.2 Å². The van der Waals surface area contributed by atoms with Crippen molar-refractivity contribution in [2.75, 3.05) is 12.3 Å². The van der Waals surface area contributed by atoms with Crippen LogP contribution in [0.3, 0.4) is 0 Å². The average molecular weight is 425 g/mol. The third-order valence-corrected chi connectivity index (χ3v) is 6.66. The van der Waals surface area contributed by atoms with Gasteiger partial charge in [0.05, 0.1) is 5.39 Å². The first-order chi connectivity index (χ1) is 15.7. The predicted octanol–water partition coefficient (Wildman–Crippen LogP) is 4.77. The van der Waals surface area contributed by atoms with Crippen molar-refractivity contribution < 1.29 is 9.84 Å². The lowest BCUT2D eigenvalue weighted by Crippen LogP contribution is -2.28. The molecule has 2 aromatic heterocycles. The number of aromatic nitrogens is 3. The Labute approximate surface area is 186 Å². The molecule has 0 spiro atoms. The first-order valence-electron chi connectivity index (χ1n) is 11.0. The largest absolute Gasteiger partial charge is 0.481 e. The minimum Gasteiger partial charge on any atom is -0.481 e. The Bertz CT molecular complexity index is 1320. The Kier molecular flexibility index (Phi) is 4.47. The van der Waals surface area contributed by atoms with Gasteiger partial charge < -0.3 is 20.1 Å². The van der Waals surface area contributed by atoms with E-state index in [2.05, 4.69) is 63.2 Å². The van der Waals surface area contributed by atoms with Gasteiger partial charge in [-0.2, -0.15) is 0 Å². The van der Waals surface area contributed by atoms with Gasteiger partial charge in [-0.1, -0.05) is 48.5 Å². The highest BCUT2D eigenvalue weighted by molar-refractivity contribution is 6.01. The Hall–Kier alpha value is -3.64. The minimum atomic E-state index is -0.112. The van der Waals surface area contributed by atoms with Crippen LogP contribution in [0, 0.1) is 5.92 Å². The van der Waals surface area contributed by atoms with E-state index in [1.165, 1.54) is 6.33 Å². The molecule has 0 saturated heterocycles. The van der Waals surface area contributed by atoms with Crippen LogP contribution in [0.2, 0.25) is 0 Å². The Morgan fingerprint density at radius 3 is 2.75 bits per heavy atom. The average Bonchev–Trinajstić information content (AvgIpc) is 3.19. The molecule has 0 radical (unpaired) electrons. The van der Waals surface area contributed by atoms with Gasteiger partial charge in [0.2, 0.25) is 0 Å². The first-order valence-corrected chi connectivity index (χ1v) is 11.0. The van der Waals surface area contributed by atoms with Crippen molar-refractivity contribution >= 4 is 22.9 Å². The maximum Gasteiger partial charge on any atom is 0.146 e. The highest BCUT2D eigenvalue weighted by Gasteiger charge is 2.32. The van der Waals surface area contributed by atoms with Crippen molar-refractivity contribution in [1.82, 2.24) is 14.5 Å². The van der Waals surface area contributed by atoms with E-state index < -0.39 is 0 Å². The van der Waals surface area contributed by atoms with Gasteiger partial charge in [-0.3, -0.25) is 0 Å². The summed E-state index contributed by atoms with van der Waals surface area (Å²) in [6.45, 7) is 0.234. The third-order valence-electron chi connectivity index (χ3n) is 6.66. The van der Waals surface area contributed by atoms with Crippen LogP contribution < -0.4 is 10.5 Å². The summed E-state index contributed by atoms with van der Waals surface area (Å²) in [6, 6.07) is 16.8. The zero-order chi connectivity index (χ0) is 21.7. The summed E-state index contributed by atoms with van der Waals surface area (Å²) >= 11 is 0. The van der Waals surface area contributed by atoms with Crippen LogP contribution in [0.15, 0.2) is 67.1 Å². The third kappa shape index (κ3) is 3.07. The van der Waals surface area contributed by atoms with Crippen LogP contribution in [-0.4, -0.2) is 26.2 Å². The number of benzene rings is 2. The molecule has 2 aliphatic rings. The highest BCUT2D eigenvalue weighted by atomic mass is 16.5. The molecular weight excluding hydrogens is 400 g/mol. The van der Waals surface area contributed by atoms with E-state index in [9.17, 15) is 5.11 Å². The van der Waals surface area contributed by atoms with Gasteiger partial charge in [0.15, 0.2) is 0 Å². The fourth-order valence-corrected chi connectivity index (χ4v) is 4.81. The number of fused-ring (bicyclic) bond motifs is 2. The number of aliphatic hydroxyl groups is 1. The van der Waals surface area contributed by atoms with Crippen molar-refractivity contribution in [3.63, 3.8) is 0 Å². The molecule has 1 unspecified atom stereocenters. The van der Waals surface area contributed by atoms with Gasteiger partial charge in [-0.05, 0) is 42.0 Å². The van der Waals surface area contributed by atoms with E-state index in [0.29, 0.717) is 17.8 Å². The second-order valence-corrected chi connectivity index (χ2v) is 8.64. The summed E-state index contributed by atoms with van der Waals surface area (Å²) in [5.41, 5.74) is 11.4. The number of rotatable bonds is 4. The summed E-state index contributed by atoms with van der Waals surface area (Å²) in [4.78, 5) is 8.80. The quantitative estimate of drug-likeness (QED) is 0.493. The Balaban J connectivity index is 1.41. The van der Waals surface area contributed by atoms with E-state index in [1.807, 2.05) is 18.2 Å². The number of hydrogen-bond acceptors (Lipinski definition) is 5. The molecule has 1 saturated carbocycles. The van der Waals surface area contributed by atoms with Crippen molar-refractivity contribution in [2.24, 2.45) is 5.92 Å². The molecule has 4 aromatic rings. The molecule has 3 heterocycles. The summed E-state index contributed by atoms with van der Waals surface area (Å²) in [5, 5.41) is 10.3. The number of aliphatic hydroxyl groups excluding tert-OH is 1. The van der Waals surface area contributed by atoms with Gasteiger partial charge >= 0.3 is 0 Å². The maximum atomic E-state index is 9.43. The zero-order valence-corrected chi connectivity index (χ0v) is 17.6. The van der Waals surface area contributed by atoms with Gasteiger partial charge in [0.1, 0.15) is 29.6 Å². The molecule has 6 rings (SSSR count). The molecule has 1 fully saturated rings. The Morgan fingerprint density at radius 2 is 1.94 bits per heavy atom. The highest BCUT2D eigenvalue weighted by Crippen LogP contribution is 2.44. The fourth-order valence-electron chi connectivity index (χ4n) is 4.81. The molecule has 1 aliphatic carbocycles. The van der Waals surface area contributed by atoms with Gasteiger partial charge in [0, 0.05) is 30.0 Å². The van der Waals surface area contributed by atoms with Crippen molar-refractivity contribution in [3.05, 3.63) is 78.3 Å². The molecule has 160 valence electrons. The zero-order valence-electron chi connectivity index (χ0n) is 17.6. The van der Waals surface area contributed by atoms with Crippen molar-refractivity contribution in [1.29, 1.82) is 0 Å². The van der Waals surface area contributed by atoms with E-state index >= 15 is 0 Å². The van der Waals surface area contributed by atoms with E-state index in [0.717, 1.165) is 51.9 Å². The first kappa shape index (κ1) is 19.1. The van der Waals surface area contributed by atoms with Gasteiger partial charge in [-0.15, -0.1) is 0 Å². The normalized spacial score (nSPS) is 21.7. The van der Waals surface area contributed by atoms with Crippen LogP contribution in [0.1, 0.15) is 36.1 Å². The van der Waals surface area contributed by atoms with Crippen LogP contribution in [0.5, 0.6) is 5.75 Å². The predicted molar refractivity (Wildman–Crippen MR) is 125 cm³/mol. The van der Waals surface area contributed by atoms with Crippen molar-refractivity contribution in [2.45, 2.75) is 25.0 Å². The van der Waals surface area contributed by atoms with Gasteiger partial charge in [0.25, 0.3) is 0 Å². The summed E-state index contributed by atoms with van der Waals surface area (Å²) in [5.74, 6) is 1.68. The molecule has 3 N–H and O–H groups in total. The van der Waals surface area contributed by atoms with E-state index in [4.69, 9.17) is 10.5 Å². The van der Waals surface area contributed by atoms with E-state index in [-0.39, 0.29) is 12.7 Å². The number of ether oxygens (including phenoxy) is 1. The number of hydrogen-bond donors (Lipinski definition) is 2. The molecule has 6 heteroatoms. The van der Waals surface area contributed by atoms with Crippen molar-refractivity contribution in [3.8, 4) is 16.9 Å². The summed E-state index contributed by atoms with van der Waals surface area (Å²) in [6.07, 6.45) is 9.63. The molecule has 6 nitrogen and oxygen atoms in total. The molecule has 1 atom stereocenters. The Morgan fingerprint density at radius 1 is 1.09 bits per heavy atom. The SMILES string of the molecule is Nc1ncnc2c1c(-c1ccc3c(c1)OC(c1ccccc1)C=C3)cn2C1CC(CO)C1. The standard InChI is InChI=1S/C26H24N4O2/c27-25-24-21(13-30(26(24)29-15-28-25)20-10-16(11-20)14-31)19-7-6-18-8-9-22(32-23(18)12-19)17-4-2-1-3-5-17/h1-9,12-13,15-16,20,22,31H,10-11,14H2,(H2,27,28,29). The van der Waals surface area contributed by atoms with Crippen LogP contribution in [0.25, 0.3) is 28.2 Å². The lowest BCUT2D eigenvalue weighted by molar-refractivity contribution is 0.114. The second-order valence-electron chi connectivity index (χ2n) is 8.64. The smallest absolute Gasteiger partial charge is 0.146 e. The molecule has 0 bridgehead atoms. The minimum absolute atomic E-state index is 0.112. The molecule has 2 aromatic carbocycles. The second kappa shape index (κ2) is 7.50. The molecule has 1 aliphatic heterocycles. The monoisotopic (exact) mass is 424 g/mol. The lowest BCUT2D eigenvalue weighted by atomic mass is 9.81. The summed E-state index contributed by atoms with van der Waals surface area (Å²) in [7, 11) is 0. The number of anilines is 1. The summed E-state index contributed by atoms with van der Waals surface area (Å²) < 4.78 is 8.55. The molecule has 0 amide bonds. The molecule has 32 heavy (non-hydrogen) atoms. The molecular formula is C26H24N4O2. The van der Waals surface area contributed by atoms with Gasteiger partial charge in [-0.25, -0.2) is 9.97 Å². The van der Waals surface area contributed by atoms with Crippen LogP contribution >= 0.6 is 0 Å². The number of nitrogens with two attached hydrogens (primary N) is 1. The fraction of sp³-hybridized carbons (Fsp3) is 0.231. The number of nitrogen functional groups attached to an aromatic ring is 1. The number of nitrogens with zero attached hydrogens (tertiary/aromatic N) is 3. The maximum absolute atomic E-state index is 9.43. The lowest BCUT2D eigenvalue weighted by Gasteiger charge is -2.35.